The van der Waals surface area contributed by atoms with Crippen LogP contribution in [-0.4, -0.2) is 24.2 Å². The zero-order chi connectivity index (χ0) is 23.4. The molecule has 0 aliphatic heterocycles. The summed E-state index contributed by atoms with van der Waals surface area (Å²) in [6.45, 7) is 12.8. The molecule has 164 valence electrons. The van der Waals surface area contributed by atoms with Gasteiger partial charge < -0.3 is 4.57 Å². The Morgan fingerprint density at radius 1 is 1.06 bits per heavy atom. The lowest BCUT2D eigenvalue weighted by molar-refractivity contribution is 0.602. The predicted octanol–water partition coefficient (Wildman–Crippen LogP) is 6.84. The molecule has 2 aromatic carbocycles. The van der Waals surface area contributed by atoms with E-state index in [1.165, 1.54) is 11.8 Å². The lowest BCUT2D eigenvalue weighted by atomic mass is 10.2. The van der Waals surface area contributed by atoms with Crippen LogP contribution in [0.1, 0.15) is 20.8 Å². The van der Waals surface area contributed by atoms with Gasteiger partial charge in [0.05, 0.1) is 16.9 Å². The van der Waals surface area contributed by atoms with Crippen molar-refractivity contribution in [2.24, 2.45) is 0 Å². The van der Waals surface area contributed by atoms with E-state index in [1.807, 2.05) is 61.9 Å². The predicted molar refractivity (Wildman–Crippen MR) is 132 cm³/mol. The number of benzene rings is 2. The zero-order valence-electron chi connectivity index (χ0n) is 18.4. The molecule has 0 bridgehead atoms. The summed E-state index contributed by atoms with van der Waals surface area (Å²) in [6, 6.07) is 16.6. The van der Waals surface area contributed by atoms with Crippen LogP contribution in [-0.2, 0) is 9.84 Å². The van der Waals surface area contributed by atoms with Crippen molar-refractivity contribution in [3.63, 3.8) is 0 Å². The Morgan fingerprint density at radius 3 is 2.03 bits per heavy atom. The van der Waals surface area contributed by atoms with Crippen LogP contribution < -0.4 is 0 Å². The second-order valence-corrected chi connectivity index (χ2v) is 9.34. The summed E-state index contributed by atoms with van der Waals surface area (Å²) < 4.78 is 24.8. The summed E-state index contributed by atoms with van der Waals surface area (Å²) in [5.41, 5.74) is 3.96. The smallest absolute Gasteiger partial charge is 0.175 e. The van der Waals surface area contributed by atoms with Crippen molar-refractivity contribution in [3.8, 4) is 16.9 Å². The van der Waals surface area contributed by atoms with Gasteiger partial charge in [-0.3, -0.25) is 0 Å². The molecule has 4 nitrogen and oxygen atoms in total. The number of aromatic nitrogens is 2. The third-order valence-corrected chi connectivity index (χ3v) is 5.19. The van der Waals surface area contributed by atoms with E-state index in [9.17, 15) is 8.42 Å². The van der Waals surface area contributed by atoms with Gasteiger partial charge in [0.15, 0.2) is 9.84 Å². The minimum atomic E-state index is -3.16. The van der Waals surface area contributed by atoms with E-state index in [1.54, 1.807) is 42.7 Å². The van der Waals surface area contributed by atoms with Crippen molar-refractivity contribution in [2.75, 3.05) is 6.26 Å². The van der Waals surface area contributed by atoms with Crippen molar-refractivity contribution in [2.45, 2.75) is 25.7 Å². The fourth-order valence-electron chi connectivity index (χ4n) is 2.21. The van der Waals surface area contributed by atoms with Crippen molar-refractivity contribution < 1.29 is 8.42 Å². The summed E-state index contributed by atoms with van der Waals surface area (Å²) in [4.78, 5) is 4.69. The minimum Gasteiger partial charge on any atom is -0.306 e. The maximum absolute atomic E-state index is 11.5. The largest absolute Gasteiger partial charge is 0.306 e. The number of rotatable bonds is 4. The molecular formula is C25H29ClN2O2S. The monoisotopic (exact) mass is 456 g/mol. The topological polar surface area (TPSA) is 52.0 Å². The molecule has 0 saturated heterocycles. The van der Waals surface area contributed by atoms with Crippen LogP contribution in [0.5, 0.6) is 0 Å². The first-order valence-electron chi connectivity index (χ1n) is 9.54. The number of allylic oxidation sites excluding steroid dienone is 4. The molecule has 0 aliphatic carbocycles. The van der Waals surface area contributed by atoms with Crippen LogP contribution in [0.3, 0.4) is 0 Å². The molecule has 6 heteroatoms. The molecule has 0 aliphatic rings. The van der Waals surface area contributed by atoms with E-state index in [2.05, 4.69) is 18.1 Å². The van der Waals surface area contributed by atoms with Crippen molar-refractivity contribution in [1.82, 2.24) is 9.55 Å². The van der Waals surface area contributed by atoms with Gasteiger partial charge in [-0.25, -0.2) is 13.4 Å². The van der Waals surface area contributed by atoms with Crippen molar-refractivity contribution >= 4 is 21.4 Å². The highest BCUT2D eigenvalue weighted by molar-refractivity contribution is 7.90. The average Bonchev–Trinajstić information content (AvgIpc) is 3.24. The zero-order valence-corrected chi connectivity index (χ0v) is 20.0. The second kappa shape index (κ2) is 12.7. The van der Waals surface area contributed by atoms with E-state index >= 15 is 0 Å². The summed E-state index contributed by atoms with van der Waals surface area (Å²) in [7, 11) is -3.16. The van der Waals surface area contributed by atoms with Gasteiger partial charge in [-0.05, 0) is 45.0 Å². The normalized spacial score (nSPS) is 10.8. The molecule has 0 atom stereocenters. The summed E-state index contributed by atoms with van der Waals surface area (Å²) in [6.07, 6.45) is 8.23. The molecule has 3 aromatic rings. The first kappa shape index (κ1) is 26.1. The van der Waals surface area contributed by atoms with E-state index in [-0.39, 0.29) is 0 Å². The molecule has 1 heterocycles. The average molecular weight is 457 g/mol. The summed E-state index contributed by atoms with van der Waals surface area (Å²) in [5.74, 6) is 0. The second-order valence-electron chi connectivity index (χ2n) is 6.88. The van der Waals surface area contributed by atoms with Gasteiger partial charge in [-0.2, -0.15) is 0 Å². The third-order valence-electron chi connectivity index (χ3n) is 3.69. The molecule has 0 amide bonds. The van der Waals surface area contributed by atoms with Gasteiger partial charge in [0.2, 0.25) is 0 Å². The van der Waals surface area contributed by atoms with Gasteiger partial charge in [0, 0.05) is 28.7 Å². The van der Waals surface area contributed by atoms with Crippen LogP contribution in [0.25, 0.3) is 16.9 Å². The molecule has 0 unspecified atom stereocenters. The van der Waals surface area contributed by atoms with E-state index in [0.29, 0.717) is 9.93 Å². The number of imidazole rings is 1. The Kier molecular flexibility index (Phi) is 10.7. The van der Waals surface area contributed by atoms with Gasteiger partial charge in [-0.15, -0.1) is 6.58 Å². The quantitative estimate of drug-likeness (QED) is 0.319. The molecule has 3 rings (SSSR count). The fraction of sp³-hybridized carbons (Fsp3) is 0.160. The molecule has 31 heavy (non-hydrogen) atoms. The Bertz CT molecular complexity index is 1110. The number of hydrogen-bond donors (Lipinski definition) is 0. The first-order valence-corrected chi connectivity index (χ1v) is 11.8. The van der Waals surface area contributed by atoms with Gasteiger partial charge in [0.1, 0.15) is 0 Å². The minimum absolute atomic E-state index is 0.314. The van der Waals surface area contributed by atoms with E-state index in [4.69, 9.17) is 11.6 Å². The van der Waals surface area contributed by atoms with Gasteiger partial charge in [0.25, 0.3) is 0 Å². The van der Waals surface area contributed by atoms with Crippen LogP contribution in [0.2, 0.25) is 0 Å². The highest BCUT2D eigenvalue weighted by atomic mass is 35.5. The molecule has 0 spiro atoms. The Hall–Kier alpha value is -2.89. The standard InChI is InChI=1S/C16H14N2O2S.C5H7Cl.C4H8/c1-21(19,20)15-9-7-14(8-10-15)18-11-16(17-12-18)13-5-3-2-4-6-13;1-3-5(6)4-2;1-4(2)3/h2-12H,1H3;3-4H,1H2,2H3;1H2,2-3H3/b;5-4+;. The highest BCUT2D eigenvalue weighted by Gasteiger charge is 2.07. The van der Waals surface area contributed by atoms with E-state index in [0.717, 1.165) is 16.9 Å². The fourth-order valence-corrected chi connectivity index (χ4v) is 2.84. The van der Waals surface area contributed by atoms with E-state index < -0.39 is 9.84 Å². The number of halogens is 1. The lowest BCUT2D eigenvalue weighted by Gasteiger charge is -2.03. The van der Waals surface area contributed by atoms with Crippen molar-refractivity contribution in [1.29, 1.82) is 0 Å². The maximum atomic E-state index is 11.5. The van der Waals surface area contributed by atoms with Crippen LogP contribution in [0, 0.1) is 0 Å². The van der Waals surface area contributed by atoms with Crippen molar-refractivity contribution in [3.05, 3.63) is 103 Å². The lowest BCUT2D eigenvalue weighted by Crippen LogP contribution is -1.97. The summed E-state index contributed by atoms with van der Waals surface area (Å²) >= 11 is 5.39. The number of nitrogens with zero attached hydrogens (tertiary/aromatic N) is 2. The van der Waals surface area contributed by atoms with Crippen LogP contribution in [0.15, 0.2) is 108 Å². The third kappa shape index (κ3) is 9.64. The maximum Gasteiger partial charge on any atom is 0.175 e. The highest BCUT2D eigenvalue weighted by Crippen LogP contribution is 2.19. The number of sulfone groups is 1. The number of hydrogen-bond acceptors (Lipinski definition) is 3. The Labute approximate surface area is 191 Å². The molecule has 0 fully saturated rings. The molecule has 1 aromatic heterocycles. The summed E-state index contributed by atoms with van der Waals surface area (Å²) in [5, 5.41) is 0.704. The SMILES string of the molecule is C=C(C)C.C=C/C(Cl)=C\C.CS(=O)(=O)c1ccc(-n2cnc(-c3ccccc3)c2)cc1. The molecule has 0 saturated carbocycles. The molecule has 0 radical (unpaired) electrons. The van der Waals surface area contributed by atoms with Gasteiger partial charge >= 0.3 is 0 Å². The van der Waals surface area contributed by atoms with Crippen LogP contribution in [0.4, 0.5) is 0 Å². The Balaban J connectivity index is 0.000000405. The van der Waals surface area contributed by atoms with Crippen LogP contribution >= 0.6 is 11.6 Å². The Morgan fingerprint density at radius 2 is 1.61 bits per heavy atom. The molecular weight excluding hydrogens is 428 g/mol. The van der Waals surface area contributed by atoms with Gasteiger partial charge in [-0.1, -0.05) is 66.2 Å². The molecule has 0 N–H and O–H groups in total. The first-order chi connectivity index (χ1) is 14.6.